The Morgan fingerprint density at radius 2 is 1.86 bits per heavy atom. The van der Waals surface area contributed by atoms with Crippen LogP contribution < -0.4 is 16.4 Å². The maximum Gasteiger partial charge on any atom is 0.239 e. The maximum atomic E-state index is 11.6. The van der Waals surface area contributed by atoms with Gasteiger partial charge in [-0.15, -0.1) is 11.8 Å². The second-order valence-corrected chi connectivity index (χ2v) is 6.74. The molecular weight excluding hydrogens is 322 g/mol. The first-order chi connectivity index (χ1) is 10.4. The molecule has 4 N–H and O–H groups in total. The molecule has 0 spiro atoms. The van der Waals surface area contributed by atoms with Gasteiger partial charge in [0.05, 0.1) is 12.6 Å². The van der Waals surface area contributed by atoms with E-state index in [1.54, 1.807) is 11.8 Å². The Balaban J connectivity index is 2.16. The normalized spacial score (nSPS) is 12.0. The summed E-state index contributed by atoms with van der Waals surface area (Å²) in [7, 11) is 0. The van der Waals surface area contributed by atoms with E-state index < -0.39 is 6.04 Å². The van der Waals surface area contributed by atoms with Crippen LogP contribution in [0, 0.1) is 5.92 Å². The highest BCUT2D eigenvalue weighted by Crippen LogP contribution is 2.19. The number of halogens is 1. The minimum Gasteiger partial charge on any atom is -0.354 e. The van der Waals surface area contributed by atoms with Crippen molar-refractivity contribution in [2.45, 2.75) is 24.8 Å². The molecule has 0 aliphatic heterocycles. The van der Waals surface area contributed by atoms with Crippen molar-refractivity contribution < 1.29 is 9.59 Å². The molecule has 1 aromatic rings. The summed E-state index contributed by atoms with van der Waals surface area (Å²) in [6, 6.07) is 6.93. The predicted octanol–water partition coefficient (Wildman–Crippen LogP) is 1.65. The molecule has 0 heterocycles. The van der Waals surface area contributed by atoms with Gasteiger partial charge in [0.1, 0.15) is 0 Å². The highest BCUT2D eigenvalue weighted by molar-refractivity contribution is 7.99. The van der Waals surface area contributed by atoms with E-state index >= 15 is 0 Å². The van der Waals surface area contributed by atoms with Crippen molar-refractivity contribution in [1.82, 2.24) is 10.6 Å². The molecule has 5 nitrogen and oxygen atoms in total. The molecule has 0 unspecified atom stereocenters. The molecule has 0 fully saturated rings. The Kier molecular flexibility index (Phi) is 8.30. The van der Waals surface area contributed by atoms with Crippen LogP contribution in [0.4, 0.5) is 0 Å². The number of thioether (sulfide) groups is 1. The molecule has 0 aliphatic carbocycles. The zero-order valence-electron chi connectivity index (χ0n) is 12.8. The van der Waals surface area contributed by atoms with E-state index in [9.17, 15) is 9.59 Å². The van der Waals surface area contributed by atoms with Crippen LogP contribution in [0.1, 0.15) is 13.8 Å². The van der Waals surface area contributed by atoms with Crippen molar-refractivity contribution in [3.05, 3.63) is 29.3 Å². The first kappa shape index (κ1) is 18.8. The van der Waals surface area contributed by atoms with Gasteiger partial charge in [-0.25, -0.2) is 0 Å². The summed E-state index contributed by atoms with van der Waals surface area (Å²) in [5.41, 5.74) is 5.69. The van der Waals surface area contributed by atoms with Crippen molar-refractivity contribution >= 4 is 35.2 Å². The standard InChI is InChI=1S/C15H22ClN3O2S/c1-10(2)14(17)15(21)19-9-13(20)18-7-8-22-12-5-3-11(16)4-6-12/h3-6,10,14H,7-9,17H2,1-2H3,(H,18,20)(H,19,21)/t14-/m0/s1. The lowest BCUT2D eigenvalue weighted by molar-refractivity contribution is -0.127. The number of nitrogens with two attached hydrogens (primary N) is 1. The second kappa shape index (κ2) is 9.71. The number of nitrogens with one attached hydrogen (secondary N) is 2. The van der Waals surface area contributed by atoms with Crippen LogP contribution in [-0.4, -0.2) is 36.7 Å². The highest BCUT2D eigenvalue weighted by atomic mass is 35.5. The summed E-state index contributed by atoms with van der Waals surface area (Å²) in [6.45, 7) is 4.19. The first-order valence-corrected chi connectivity index (χ1v) is 8.45. The second-order valence-electron chi connectivity index (χ2n) is 5.14. The van der Waals surface area contributed by atoms with Crippen LogP contribution in [0.5, 0.6) is 0 Å². The summed E-state index contributed by atoms with van der Waals surface area (Å²) in [4.78, 5) is 24.3. The summed E-state index contributed by atoms with van der Waals surface area (Å²) in [5.74, 6) is 0.257. The number of hydrogen-bond acceptors (Lipinski definition) is 4. The van der Waals surface area contributed by atoms with Crippen LogP contribution in [-0.2, 0) is 9.59 Å². The third-order valence-corrected chi connectivity index (χ3v) is 4.22. The van der Waals surface area contributed by atoms with Crippen LogP contribution in [0.2, 0.25) is 5.02 Å². The van der Waals surface area contributed by atoms with Gasteiger partial charge in [-0.1, -0.05) is 25.4 Å². The lowest BCUT2D eigenvalue weighted by atomic mass is 10.1. The van der Waals surface area contributed by atoms with Crippen molar-refractivity contribution in [3.63, 3.8) is 0 Å². The average Bonchev–Trinajstić information content (AvgIpc) is 2.50. The van der Waals surface area contributed by atoms with Crippen molar-refractivity contribution in [2.24, 2.45) is 11.7 Å². The molecule has 0 saturated carbocycles. The van der Waals surface area contributed by atoms with E-state index in [-0.39, 0.29) is 24.3 Å². The molecule has 7 heteroatoms. The molecule has 0 aliphatic rings. The van der Waals surface area contributed by atoms with Gasteiger partial charge in [0.15, 0.2) is 0 Å². The van der Waals surface area contributed by atoms with Gasteiger partial charge in [-0.05, 0) is 30.2 Å². The third kappa shape index (κ3) is 7.15. The molecule has 0 radical (unpaired) electrons. The van der Waals surface area contributed by atoms with E-state index in [2.05, 4.69) is 10.6 Å². The van der Waals surface area contributed by atoms with E-state index in [1.807, 2.05) is 38.1 Å². The minimum absolute atomic E-state index is 0.0406. The lowest BCUT2D eigenvalue weighted by Crippen LogP contribution is -2.47. The minimum atomic E-state index is -0.590. The third-order valence-electron chi connectivity index (χ3n) is 2.95. The topological polar surface area (TPSA) is 84.2 Å². The first-order valence-electron chi connectivity index (χ1n) is 7.08. The van der Waals surface area contributed by atoms with Crippen molar-refractivity contribution in [2.75, 3.05) is 18.8 Å². The lowest BCUT2D eigenvalue weighted by Gasteiger charge is -2.15. The van der Waals surface area contributed by atoms with Gasteiger partial charge < -0.3 is 16.4 Å². The molecule has 122 valence electrons. The quantitative estimate of drug-likeness (QED) is 0.495. The van der Waals surface area contributed by atoms with E-state index in [0.29, 0.717) is 11.6 Å². The number of carbonyl (C=O) groups excluding carboxylic acids is 2. The van der Waals surface area contributed by atoms with Gasteiger partial charge in [0, 0.05) is 22.2 Å². The Hall–Kier alpha value is -1.24. The fourth-order valence-corrected chi connectivity index (χ4v) is 2.43. The number of hydrogen-bond donors (Lipinski definition) is 3. The number of carbonyl (C=O) groups is 2. The fraction of sp³-hybridized carbons (Fsp3) is 0.467. The summed E-state index contributed by atoms with van der Waals surface area (Å²) >= 11 is 7.43. The molecule has 1 aromatic carbocycles. The molecule has 2 amide bonds. The molecule has 1 atom stereocenters. The Morgan fingerprint density at radius 1 is 1.23 bits per heavy atom. The van der Waals surface area contributed by atoms with Crippen molar-refractivity contribution in [1.29, 1.82) is 0 Å². The maximum absolute atomic E-state index is 11.6. The summed E-state index contributed by atoms with van der Waals surface area (Å²) in [6.07, 6.45) is 0. The van der Waals surface area contributed by atoms with Gasteiger partial charge in [-0.3, -0.25) is 9.59 Å². The SMILES string of the molecule is CC(C)[C@H](N)C(=O)NCC(=O)NCCSc1ccc(Cl)cc1. The highest BCUT2D eigenvalue weighted by Gasteiger charge is 2.17. The van der Waals surface area contributed by atoms with Gasteiger partial charge in [0.2, 0.25) is 11.8 Å². The number of amides is 2. The van der Waals surface area contributed by atoms with E-state index in [4.69, 9.17) is 17.3 Å². The summed E-state index contributed by atoms with van der Waals surface area (Å²) < 4.78 is 0. The van der Waals surface area contributed by atoms with Gasteiger partial charge in [0.25, 0.3) is 0 Å². The van der Waals surface area contributed by atoms with E-state index in [0.717, 1.165) is 10.6 Å². The van der Waals surface area contributed by atoms with E-state index in [1.165, 1.54) is 0 Å². The summed E-state index contributed by atoms with van der Waals surface area (Å²) in [5, 5.41) is 5.98. The molecule has 0 saturated heterocycles. The monoisotopic (exact) mass is 343 g/mol. The molecule has 22 heavy (non-hydrogen) atoms. The Bertz CT molecular complexity index is 494. The van der Waals surface area contributed by atoms with Crippen molar-refractivity contribution in [3.8, 4) is 0 Å². The van der Waals surface area contributed by atoms with Crippen LogP contribution in [0.15, 0.2) is 29.2 Å². The number of rotatable bonds is 8. The number of benzene rings is 1. The Labute approximate surface area is 140 Å². The zero-order chi connectivity index (χ0) is 16.5. The molecular formula is C15H22ClN3O2S. The van der Waals surface area contributed by atoms with Crippen LogP contribution >= 0.6 is 23.4 Å². The van der Waals surface area contributed by atoms with Gasteiger partial charge in [-0.2, -0.15) is 0 Å². The predicted molar refractivity (Wildman–Crippen MR) is 91.0 cm³/mol. The smallest absolute Gasteiger partial charge is 0.239 e. The fourth-order valence-electron chi connectivity index (χ4n) is 1.54. The molecule has 0 aromatic heterocycles. The zero-order valence-corrected chi connectivity index (χ0v) is 14.3. The molecule has 1 rings (SSSR count). The largest absolute Gasteiger partial charge is 0.354 e. The average molecular weight is 344 g/mol. The van der Waals surface area contributed by atoms with Gasteiger partial charge >= 0.3 is 0 Å². The van der Waals surface area contributed by atoms with Crippen LogP contribution in [0.25, 0.3) is 0 Å². The van der Waals surface area contributed by atoms with Crippen LogP contribution in [0.3, 0.4) is 0 Å². The Morgan fingerprint density at radius 3 is 2.45 bits per heavy atom. The molecule has 0 bridgehead atoms.